The van der Waals surface area contributed by atoms with Gasteiger partial charge in [-0.05, 0) is 28.1 Å². The molecule has 0 spiro atoms. The first kappa shape index (κ1) is 10.4. The summed E-state index contributed by atoms with van der Waals surface area (Å²) in [5, 5.41) is 3.71. The molecule has 0 bridgehead atoms. The highest BCUT2D eigenvalue weighted by Gasteiger charge is 2.20. The van der Waals surface area contributed by atoms with Crippen molar-refractivity contribution in [2.45, 2.75) is 12.5 Å². The van der Waals surface area contributed by atoms with Gasteiger partial charge in [0.2, 0.25) is 0 Å². The molecular formula is C10H9BrFNO2. The van der Waals surface area contributed by atoms with E-state index in [4.69, 9.17) is 9.57 Å². The minimum absolute atomic E-state index is 0.140. The van der Waals surface area contributed by atoms with E-state index >= 15 is 0 Å². The Morgan fingerprint density at radius 3 is 3.00 bits per heavy atom. The Balaban J connectivity index is 1.86. The van der Waals surface area contributed by atoms with Crippen molar-refractivity contribution < 1.29 is 14.0 Å². The van der Waals surface area contributed by atoms with Gasteiger partial charge in [-0.2, -0.15) is 0 Å². The number of oxime groups is 1. The van der Waals surface area contributed by atoms with Crippen LogP contribution in [-0.2, 0) is 4.84 Å². The minimum Gasteiger partial charge on any atom is -0.487 e. The second-order valence-corrected chi connectivity index (χ2v) is 4.06. The van der Waals surface area contributed by atoms with Gasteiger partial charge >= 0.3 is 0 Å². The minimum atomic E-state index is -0.365. The van der Waals surface area contributed by atoms with Crippen LogP contribution in [0.3, 0.4) is 0 Å². The molecule has 1 aliphatic heterocycles. The third-order valence-corrected chi connectivity index (χ3v) is 2.43. The first-order chi connectivity index (χ1) is 7.25. The molecule has 80 valence electrons. The molecule has 0 saturated carbocycles. The van der Waals surface area contributed by atoms with E-state index in [2.05, 4.69) is 21.1 Å². The van der Waals surface area contributed by atoms with Gasteiger partial charge in [-0.25, -0.2) is 4.39 Å². The van der Waals surface area contributed by atoms with Crippen LogP contribution in [0.4, 0.5) is 4.39 Å². The molecule has 0 saturated heterocycles. The smallest absolute Gasteiger partial charge is 0.167 e. The average molecular weight is 274 g/mol. The van der Waals surface area contributed by atoms with Gasteiger partial charge < -0.3 is 9.57 Å². The zero-order chi connectivity index (χ0) is 10.7. The summed E-state index contributed by atoms with van der Waals surface area (Å²) in [4.78, 5) is 5.02. The van der Waals surface area contributed by atoms with E-state index in [1.54, 1.807) is 18.2 Å². The van der Waals surface area contributed by atoms with E-state index < -0.39 is 0 Å². The van der Waals surface area contributed by atoms with Crippen molar-refractivity contribution >= 4 is 20.6 Å². The molecule has 1 aromatic carbocycles. The second-order valence-electron chi connectivity index (χ2n) is 3.14. The first-order valence-corrected chi connectivity index (χ1v) is 5.30. The van der Waals surface area contributed by atoms with Crippen LogP contribution in [0.15, 0.2) is 29.4 Å². The summed E-state index contributed by atoms with van der Waals surface area (Å²) < 4.78 is 19.2. The average Bonchev–Trinajstić information content (AvgIpc) is 2.63. The molecule has 0 N–H and O–H groups in total. The Morgan fingerprint density at radius 1 is 1.53 bits per heavy atom. The van der Waals surface area contributed by atoms with Gasteiger partial charge in [-0.15, -0.1) is 0 Å². The van der Waals surface area contributed by atoms with Crippen LogP contribution in [0.25, 0.3) is 0 Å². The Kier molecular flexibility index (Phi) is 3.20. The van der Waals surface area contributed by atoms with Crippen LogP contribution in [0, 0.1) is 5.82 Å². The lowest BCUT2D eigenvalue weighted by atomic mass is 10.3. The number of benzene rings is 1. The van der Waals surface area contributed by atoms with Crippen molar-refractivity contribution in [1.82, 2.24) is 0 Å². The number of halogens is 2. The summed E-state index contributed by atoms with van der Waals surface area (Å²) in [6.45, 7) is 0.291. The van der Waals surface area contributed by atoms with Crippen LogP contribution in [0.2, 0.25) is 0 Å². The van der Waals surface area contributed by atoms with Gasteiger partial charge in [0.1, 0.15) is 11.2 Å². The quantitative estimate of drug-likeness (QED) is 0.848. The Labute approximate surface area is 95.0 Å². The standard InChI is InChI=1S/C10H9BrFNO2/c11-10-5-7(15-13-10)6-14-9-4-2-1-3-8(9)12/h1-4,7H,5-6H2. The molecule has 0 radical (unpaired) electrons. The van der Waals surface area contributed by atoms with Crippen molar-refractivity contribution in [2.24, 2.45) is 5.16 Å². The molecule has 0 aliphatic carbocycles. The van der Waals surface area contributed by atoms with E-state index in [9.17, 15) is 4.39 Å². The van der Waals surface area contributed by atoms with E-state index in [0.717, 1.165) is 4.62 Å². The molecule has 0 fully saturated rings. The van der Waals surface area contributed by atoms with Crippen molar-refractivity contribution in [3.05, 3.63) is 30.1 Å². The highest BCUT2D eigenvalue weighted by molar-refractivity contribution is 9.18. The van der Waals surface area contributed by atoms with E-state index in [1.165, 1.54) is 6.07 Å². The summed E-state index contributed by atoms with van der Waals surface area (Å²) in [7, 11) is 0. The van der Waals surface area contributed by atoms with Gasteiger partial charge in [-0.3, -0.25) is 0 Å². The third-order valence-electron chi connectivity index (χ3n) is 1.96. The van der Waals surface area contributed by atoms with Gasteiger partial charge in [-0.1, -0.05) is 17.3 Å². The van der Waals surface area contributed by atoms with Crippen LogP contribution in [0.1, 0.15) is 6.42 Å². The molecular weight excluding hydrogens is 265 g/mol. The topological polar surface area (TPSA) is 30.8 Å². The van der Waals surface area contributed by atoms with Gasteiger partial charge in [0.15, 0.2) is 17.7 Å². The van der Waals surface area contributed by atoms with Crippen molar-refractivity contribution in [3.8, 4) is 5.75 Å². The molecule has 5 heteroatoms. The molecule has 0 aromatic heterocycles. The third kappa shape index (κ3) is 2.68. The maximum atomic E-state index is 13.1. The highest BCUT2D eigenvalue weighted by Crippen LogP contribution is 2.19. The largest absolute Gasteiger partial charge is 0.487 e. The number of hydrogen-bond acceptors (Lipinski definition) is 3. The fourth-order valence-electron chi connectivity index (χ4n) is 1.23. The monoisotopic (exact) mass is 273 g/mol. The zero-order valence-corrected chi connectivity index (χ0v) is 9.41. The predicted octanol–water partition coefficient (Wildman–Crippen LogP) is 2.70. The Morgan fingerprint density at radius 2 is 2.33 bits per heavy atom. The molecule has 1 aliphatic rings. The lowest BCUT2D eigenvalue weighted by Gasteiger charge is -2.10. The van der Waals surface area contributed by atoms with E-state index in [1.807, 2.05) is 0 Å². The summed E-state index contributed by atoms with van der Waals surface area (Å²) in [5.41, 5.74) is 0. The molecule has 1 atom stereocenters. The highest BCUT2D eigenvalue weighted by atomic mass is 79.9. The van der Waals surface area contributed by atoms with E-state index in [-0.39, 0.29) is 17.7 Å². The Hall–Kier alpha value is -1.10. The van der Waals surface area contributed by atoms with Crippen molar-refractivity contribution in [3.63, 3.8) is 0 Å². The molecule has 1 unspecified atom stereocenters. The molecule has 0 amide bonds. The normalized spacial score (nSPS) is 19.6. The fourth-order valence-corrected chi connectivity index (χ4v) is 1.67. The molecule has 1 heterocycles. The molecule has 1 aromatic rings. The molecule has 2 rings (SSSR count). The van der Waals surface area contributed by atoms with Crippen LogP contribution in [0.5, 0.6) is 5.75 Å². The van der Waals surface area contributed by atoms with Crippen molar-refractivity contribution in [2.75, 3.05) is 6.61 Å². The molecule has 3 nitrogen and oxygen atoms in total. The predicted molar refractivity (Wildman–Crippen MR) is 57.7 cm³/mol. The number of nitrogens with zero attached hydrogens (tertiary/aromatic N) is 1. The van der Waals surface area contributed by atoms with Crippen LogP contribution < -0.4 is 4.74 Å². The Bertz CT molecular complexity index is 383. The lowest BCUT2D eigenvalue weighted by molar-refractivity contribution is 0.0459. The van der Waals surface area contributed by atoms with Crippen molar-refractivity contribution in [1.29, 1.82) is 0 Å². The van der Waals surface area contributed by atoms with Crippen LogP contribution >= 0.6 is 15.9 Å². The maximum absolute atomic E-state index is 13.1. The zero-order valence-electron chi connectivity index (χ0n) is 7.82. The van der Waals surface area contributed by atoms with Gasteiger partial charge in [0.25, 0.3) is 0 Å². The number of rotatable bonds is 3. The van der Waals surface area contributed by atoms with Crippen LogP contribution in [-0.4, -0.2) is 17.3 Å². The summed E-state index contributed by atoms with van der Waals surface area (Å²) in [6.07, 6.45) is 0.521. The SMILES string of the molecule is Fc1ccccc1OCC1CC(Br)=NO1. The summed E-state index contributed by atoms with van der Waals surface area (Å²) >= 11 is 3.21. The number of para-hydroxylation sites is 1. The lowest BCUT2D eigenvalue weighted by Crippen LogP contribution is -2.17. The second kappa shape index (κ2) is 4.61. The summed E-state index contributed by atoms with van der Waals surface area (Å²) in [5.74, 6) is -0.125. The van der Waals surface area contributed by atoms with Gasteiger partial charge in [0, 0.05) is 6.42 Å². The number of hydrogen-bond donors (Lipinski definition) is 0. The fraction of sp³-hybridized carbons (Fsp3) is 0.300. The molecule has 15 heavy (non-hydrogen) atoms. The first-order valence-electron chi connectivity index (χ1n) is 4.51. The van der Waals surface area contributed by atoms with Gasteiger partial charge in [0.05, 0.1) is 0 Å². The summed E-state index contributed by atoms with van der Waals surface area (Å²) in [6, 6.07) is 6.28. The van der Waals surface area contributed by atoms with E-state index in [0.29, 0.717) is 13.0 Å². The number of ether oxygens (including phenoxy) is 1. The maximum Gasteiger partial charge on any atom is 0.167 e.